The fourth-order valence-corrected chi connectivity index (χ4v) is 3.54. The molecule has 0 bridgehead atoms. The fraction of sp³-hybridized carbons (Fsp3) is 0.316. The molecule has 0 aliphatic carbocycles. The standard InChI is InChI=1S/C19H20FNO2S/c1-24-18-8-3-2-7-17(18)19(22)21-9-10-23-16(13-21)12-14-5-4-6-15(20)11-14/h2-8,11,16H,9-10,12-13H2,1H3/t16-/m0/s1. The zero-order valence-electron chi connectivity index (χ0n) is 13.6. The van der Waals surface area contributed by atoms with E-state index in [9.17, 15) is 9.18 Å². The Morgan fingerprint density at radius 3 is 2.92 bits per heavy atom. The van der Waals surface area contributed by atoms with E-state index in [2.05, 4.69) is 0 Å². The fourth-order valence-electron chi connectivity index (χ4n) is 2.95. The topological polar surface area (TPSA) is 29.5 Å². The third-order valence-electron chi connectivity index (χ3n) is 4.12. The minimum atomic E-state index is -0.245. The Balaban J connectivity index is 1.70. The van der Waals surface area contributed by atoms with Crippen LogP contribution in [0.2, 0.25) is 0 Å². The minimum absolute atomic E-state index is 0.0347. The highest BCUT2D eigenvalue weighted by atomic mass is 32.2. The van der Waals surface area contributed by atoms with Crippen molar-refractivity contribution < 1.29 is 13.9 Å². The van der Waals surface area contributed by atoms with Gasteiger partial charge in [-0.15, -0.1) is 11.8 Å². The summed E-state index contributed by atoms with van der Waals surface area (Å²) in [5.74, 6) is -0.211. The van der Waals surface area contributed by atoms with Crippen molar-refractivity contribution in [1.82, 2.24) is 4.90 Å². The van der Waals surface area contributed by atoms with Crippen LogP contribution in [-0.2, 0) is 11.2 Å². The lowest BCUT2D eigenvalue weighted by Crippen LogP contribution is -2.46. The maximum atomic E-state index is 13.3. The van der Waals surface area contributed by atoms with Gasteiger partial charge >= 0.3 is 0 Å². The summed E-state index contributed by atoms with van der Waals surface area (Å²) in [5, 5.41) is 0. The lowest BCUT2D eigenvalue weighted by Gasteiger charge is -2.33. The van der Waals surface area contributed by atoms with Crippen LogP contribution in [0.3, 0.4) is 0 Å². The van der Waals surface area contributed by atoms with Gasteiger partial charge in [0.1, 0.15) is 5.82 Å². The number of ether oxygens (including phenoxy) is 1. The summed E-state index contributed by atoms with van der Waals surface area (Å²) < 4.78 is 19.1. The van der Waals surface area contributed by atoms with Crippen LogP contribution in [-0.4, -0.2) is 42.9 Å². The first-order chi connectivity index (χ1) is 11.7. The number of carbonyl (C=O) groups excluding carboxylic acids is 1. The van der Waals surface area contributed by atoms with Gasteiger partial charge in [0.15, 0.2) is 0 Å². The van der Waals surface area contributed by atoms with Crippen LogP contribution in [0.25, 0.3) is 0 Å². The van der Waals surface area contributed by atoms with E-state index in [0.29, 0.717) is 26.1 Å². The lowest BCUT2D eigenvalue weighted by atomic mass is 10.1. The van der Waals surface area contributed by atoms with Crippen LogP contribution >= 0.6 is 11.8 Å². The molecule has 126 valence electrons. The third kappa shape index (κ3) is 3.97. The quantitative estimate of drug-likeness (QED) is 0.793. The molecule has 0 spiro atoms. The maximum Gasteiger partial charge on any atom is 0.255 e. The SMILES string of the molecule is CSc1ccccc1C(=O)N1CCO[C@@H](Cc2cccc(F)c2)C1. The second kappa shape index (κ2) is 7.81. The first-order valence-electron chi connectivity index (χ1n) is 7.95. The molecule has 24 heavy (non-hydrogen) atoms. The average Bonchev–Trinajstić information content (AvgIpc) is 2.61. The average molecular weight is 345 g/mol. The molecule has 3 rings (SSSR count). The van der Waals surface area contributed by atoms with Crippen LogP contribution in [0.5, 0.6) is 0 Å². The molecule has 0 unspecified atom stereocenters. The van der Waals surface area contributed by atoms with Gasteiger partial charge in [-0.3, -0.25) is 4.79 Å². The summed E-state index contributed by atoms with van der Waals surface area (Å²) in [6.07, 6.45) is 2.47. The highest BCUT2D eigenvalue weighted by molar-refractivity contribution is 7.98. The van der Waals surface area contributed by atoms with Crippen molar-refractivity contribution in [1.29, 1.82) is 0 Å². The van der Waals surface area contributed by atoms with Crippen LogP contribution < -0.4 is 0 Å². The zero-order valence-corrected chi connectivity index (χ0v) is 14.4. The van der Waals surface area contributed by atoms with E-state index in [-0.39, 0.29) is 17.8 Å². The van der Waals surface area contributed by atoms with Gasteiger partial charge in [-0.2, -0.15) is 0 Å². The number of hydrogen-bond acceptors (Lipinski definition) is 3. The second-order valence-corrected chi connectivity index (χ2v) is 6.63. The van der Waals surface area contributed by atoms with Crippen LogP contribution in [0.15, 0.2) is 53.4 Å². The number of morpholine rings is 1. The Morgan fingerprint density at radius 1 is 1.29 bits per heavy atom. The number of thioether (sulfide) groups is 1. The summed E-state index contributed by atoms with van der Waals surface area (Å²) in [5.41, 5.74) is 1.62. The first kappa shape index (κ1) is 17.0. The van der Waals surface area contributed by atoms with Crippen LogP contribution in [0, 0.1) is 5.82 Å². The summed E-state index contributed by atoms with van der Waals surface area (Å²) >= 11 is 1.57. The lowest BCUT2D eigenvalue weighted by molar-refractivity contribution is -0.0209. The smallest absolute Gasteiger partial charge is 0.255 e. The van der Waals surface area contributed by atoms with Gasteiger partial charge < -0.3 is 9.64 Å². The molecule has 0 aromatic heterocycles. The van der Waals surface area contributed by atoms with E-state index in [4.69, 9.17) is 4.74 Å². The van der Waals surface area contributed by atoms with Crippen LogP contribution in [0.4, 0.5) is 4.39 Å². The zero-order chi connectivity index (χ0) is 16.9. The number of amides is 1. The van der Waals surface area contributed by atoms with Crippen molar-refractivity contribution in [2.24, 2.45) is 0 Å². The van der Waals surface area contributed by atoms with Gasteiger partial charge in [0.05, 0.1) is 18.3 Å². The molecule has 1 saturated heterocycles. The van der Waals surface area contributed by atoms with Gasteiger partial charge in [-0.1, -0.05) is 24.3 Å². The number of hydrogen-bond donors (Lipinski definition) is 0. The molecule has 2 aromatic carbocycles. The summed E-state index contributed by atoms with van der Waals surface area (Å²) in [7, 11) is 0. The molecule has 1 aliphatic rings. The minimum Gasteiger partial charge on any atom is -0.374 e. The summed E-state index contributed by atoms with van der Waals surface area (Å²) in [6, 6.07) is 14.2. The number of benzene rings is 2. The van der Waals surface area contributed by atoms with Crippen LogP contribution in [0.1, 0.15) is 15.9 Å². The Kier molecular flexibility index (Phi) is 5.53. The normalized spacial score (nSPS) is 17.8. The van der Waals surface area contributed by atoms with Crippen molar-refractivity contribution in [2.75, 3.05) is 26.0 Å². The predicted octanol–water partition coefficient (Wildman–Crippen LogP) is 3.63. The van der Waals surface area contributed by atoms with Gasteiger partial charge in [0, 0.05) is 24.4 Å². The first-order valence-corrected chi connectivity index (χ1v) is 9.18. The highest BCUT2D eigenvalue weighted by Gasteiger charge is 2.26. The number of rotatable bonds is 4. The maximum absolute atomic E-state index is 13.3. The summed E-state index contributed by atoms with van der Waals surface area (Å²) in [4.78, 5) is 15.6. The molecule has 1 aliphatic heterocycles. The van der Waals surface area contributed by atoms with Crippen molar-refractivity contribution in [2.45, 2.75) is 17.4 Å². The molecule has 2 aromatic rings. The van der Waals surface area contributed by atoms with E-state index in [1.165, 1.54) is 12.1 Å². The number of halogens is 1. The second-order valence-electron chi connectivity index (χ2n) is 5.78. The molecule has 0 radical (unpaired) electrons. The number of nitrogens with zero attached hydrogens (tertiary/aromatic N) is 1. The predicted molar refractivity (Wildman–Crippen MR) is 94.0 cm³/mol. The van der Waals surface area contributed by atoms with E-state index in [1.54, 1.807) is 17.8 Å². The molecule has 0 saturated carbocycles. The largest absolute Gasteiger partial charge is 0.374 e. The van der Waals surface area contributed by atoms with Gasteiger partial charge in [0.25, 0.3) is 5.91 Å². The van der Waals surface area contributed by atoms with Gasteiger partial charge in [-0.25, -0.2) is 4.39 Å². The highest BCUT2D eigenvalue weighted by Crippen LogP contribution is 2.23. The molecule has 3 nitrogen and oxygen atoms in total. The van der Waals surface area contributed by atoms with E-state index in [0.717, 1.165) is 16.0 Å². The third-order valence-corrected chi connectivity index (χ3v) is 4.91. The molecular formula is C19H20FNO2S. The molecule has 5 heteroatoms. The molecule has 1 fully saturated rings. The van der Waals surface area contributed by atoms with Crippen molar-refractivity contribution >= 4 is 17.7 Å². The van der Waals surface area contributed by atoms with Crippen molar-refractivity contribution in [3.8, 4) is 0 Å². The van der Waals surface area contributed by atoms with Gasteiger partial charge in [0.2, 0.25) is 0 Å². The Morgan fingerprint density at radius 2 is 2.12 bits per heavy atom. The van der Waals surface area contributed by atoms with Crippen molar-refractivity contribution in [3.05, 3.63) is 65.5 Å². The molecular weight excluding hydrogens is 325 g/mol. The summed E-state index contributed by atoms with van der Waals surface area (Å²) in [6.45, 7) is 1.62. The molecule has 0 N–H and O–H groups in total. The van der Waals surface area contributed by atoms with E-state index >= 15 is 0 Å². The van der Waals surface area contributed by atoms with Crippen molar-refractivity contribution in [3.63, 3.8) is 0 Å². The Bertz CT molecular complexity index is 722. The molecule has 1 heterocycles. The van der Waals surface area contributed by atoms with E-state index < -0.39 is 0 Å². The monoisotopic (exact) mass is 345 g/mol. The Hall–Kier alpha value is -1.85. The Labute approximate surface area is 145 Å². The molecule has 1 amide bonds. The van der Waals surface area contributed by atoms with E-state index in [1.807, 2.05) is 41.5 Å². The van der Waals surface area contributed by atoms with Gasteiger partial charge in [-0.05, 0) is 36.1 Å². The molecule has 1 atom stereocenters. The number of carbonyl (C=O) groups is 1.